The van der Waals surface area contributed by atoms with E-state index in [0.717, 1.165) is 46.5 Å². The van der Waals surface area contributed by atoms with Crippen LogP contribution in [-0.4, -0.2) is 41.2 Å². The molecule has 2 fully saturated rings. The van der Waals surface area contributed by atoms with Crippen LogP contribution in [0.5, 0.6) is 0 Å². The lowest BCUT2D eigenvalue weighted by atomic mass is 9.85. The molecule has 1 heterocycles. The smallest absolute Gasteiger partial charge is 0.330 e. The molecule has 3 amide bonds. The zero-order valence-electron chi connectivity index (χ0n) is 21.2. The van der Waals surface area contributed by atoms with Gasteiger partial charge in [-0.2, -0.15) is 0 Å². The SMILES string of the molecule is CCc1cccc(CC)c1NC(=O)COC(=O)[C@@H](Cc1ccccc1)N1C(=O)[C@@H]2[C@H](C1=O)[C@H]1C=C[C@H]2C1. The van der Waals surface area contributed by atoms with Gasteiger partial charge in [-0.3, -0.25) is 19.3 Å². The Bertz CT molecular complexity index is 1200. The van der Waals surface area contributed by atoms with E-state index >= 15 is 0 Å². The van der Waals surface area contributed by atoms with Crippen LogP contribution in [0.1, 0.15) is 37.0 Å². The number of hydrogen-bond acceptors (Lipinski definition) is 5. The fourth-order valence-electron chi connectivity index (χ4n) is 6.16. The van der Waals surface area contributed by atoms with Gasteiger partial charge in [0.2, 0.25) is 11.8 Å². The number of para-hydroxylation sites is 1. The topological polar surface area (TPSA) is 92.8 Å². The Hall–Kier alpha value is -3.74. The Balaban J connectivity index is 1.32. The maximum absolute atomic E-state index is 13.4. The molecule has 0 unspecified atom stereocenters. The van der Waals surface area contributed by atoms with Crippen LogP contribution in [0, 0.1) is 23.7 Å². The summed E-state index contributed by atoms with van der Waals surface area (Å²) < 4.78 is 5.45. The number of imide groups is 1. The molecular formula is C30H32N2O5. The average molecular weight is 501 g/mol. The van der Waals surface area contributed by atoms with Crippen molar-refractivity contribution in [2.45, 2.75) is 45.6 Å². The van der Waals surface area contributed by atoms with Crippen LogP contribution in [-0.2, 0) is 43.2 Å². The van der Waals surface area contributed by atoms with Gasteiger partial charge in [-0.25, -0.2) is 4.79 Å². The summed E-state index contributed by atoms with van der Waals surface area (Å²) in [6.45, 7) is 3.53. The first kappa shape index (κ1) is 24.9. The number of amides is 3. The van der Waals surface area contributed by atoms with Gasteiger partial charge >= 0.3 is 5.97 Å². The van der Waals surface area contributed by atoms with Gasteiger partial charge < -0.3 is 10.1 Å². The quantitative estimate of drug-likeness (QED) is 0.322. The van der Waals surface area contributed by atoms with E-state index in [1.165, 1.54) is 0 Å². The zero-order valence-corrected chi connectivity index (χ0v) is 21.2. The number of rotatable bonds is 9. The van der Waals surface area contributed by atoms with Crippen molar-refractivity contribution >= 4 is 29.4 Å². The minimum absolute atomic E-state index is 0.0435. The molecule has 0 radical (unpaired) electrons. The van der Waals surface area contributed by atoms with E-state index in [1.807, 2.05) is 74.5 Å². The summed E-state index contributed by atoms with van der Waals surface area (Å²) in [6.07, 6.45) is 6.50. The van der Waals surface area contributed by atoms with Gasteiger partial charge in [0.1, 0.15) is 6.04 Å². The van der Waals surface area contributed by atoms with Gasteiger partial charge in [0.05, 0.1) is 11.8 Å². The molecule has 0 aromatic heterocycles. The number of carbonyl (C=O) groups excluding carboxylic acids is 4. The molecule has 1 N–H and O–H groups in total. The van der Waals surface area contributed by atoms with Gasteiger partial charge in [-0.15, -0.1) is 0 Å². The van der Waals surface area contributed by atoms with Crippen molar-refractivity contribution in [2.75, 3.05) is 11.9 Å². The Kier molecular flexibility index (Phi) is 6.96. The summed E-state index contributed by atoms with van der Waals surface area (Å²) in [4.78, 5) is 54.1. The van der Waals surface area contributed by atoms with Crippen molar-refractivity contribution in [3.05, 3.63) is 77.4 Å². The third-order valence-corrected chi connectivity index (χ3v) is 7.97. The van der Waals surface area contributed by atoms with Crippen LogP contribution in [0.2, 0.25) is 0 Å². The highest BCUT2D eigenvalue weighted by Gasteiger charge is 2.61. The van der Waals surface area contributed by atoms with Crippen molar-refractivity contribution in [1.29, 1.82) is 0 Å². The van der Waals surface area contributed by atoms with Gasteiger partial charge in [-0.05, 0) is 47.8 Å². The molecule has 192 valence electrons. The van der Waals surface area contributed by atoms with Crippen molar-refractivity contribution in [3.8, 4) is 0 Å². The van der Waals surface area contributed by atoms with Crippen LogP contribution in [0.25, 0.3) is 0 Å². The second-order valence-corrected chi connectivity index (χ2v) is 10.1. The molecular weight excluding hydrogens is 468 g/mol. The second kappa shape index (κ2) is 10.3. The molecule has 37 heavy (non-hydrogen) atoms. The second-order valence-electron chi connectivity index (χ2n) is 10.1. The molecule has 1 saturated heterocycles. The molecule has 3 aliphatic rings. The van der Waals surface area contributed by atoms with E-state index in [0.29, 0.717) is 0 Å². The van der Waals surface area contributed by atoms with E-state index in [1.54, 1.807) is 0 Å². The lowest BCUT2D eigenvalue weighted by Crippen LogP contribution is -2.48. The summed E-state index contributed by atoms with van der Waals surface area (Å²) in [6, 6.07) is 14.0. The third-order valence-electron chi connectivity index (χ3n) is 7.97. The predicted molar refractivity (Wildman–Crippen MR) is 138 cm³/mol. The van der Waals surface area contributed by atoms with Crippen molar-refractivity contribution in [2.24, 2.45) is 23.7 Å². The summed E-state index contributed by atoms with van der Waals surface area (Å²) in [5.41, 5.74) is 3.56. The molecule has 5 rings (SSSR count). The largest absolute Gasteiger partial charge is 0.454 e. The zero-order chi connectivity index (χ0) is 26.1. The molecule has 2 aliphatic carbocycles. The molecule has 2 aromatic rings. The Morgan fingerprint density at radius 1 is 0.919 bits per heavy atom. The summed E-state index contributed by atoms with van der Waals surface area (Å²) in [7, 11) is 0. The molecule has 1 saturated carbocycles. The van der Waals surface area contributed by atoms with Gasteiger partial charge in [0.25, 0.3) is 5.91 Å². The normalized spacial score (nSPS) is 24.3. The summed E-state index contributed by atoms with van der Waals surface area (Å²) in [5.74, 6) is -2.55. The van der Waals surface area contributed by atoms with Gasteiger partial charge in [-0.1, -0.05) is 74.5 Å². The number of allylic oxidation sites excluding steroid dienone is 2. The first-order valence-corrected chi connectivity index (χ1v) is 13.1. The highest BCUT2D eigenvalue weighted by Crippen LogP contribution is 2.53. The molecule has 1 aliphatic heterocycles. The van der Waals surface area contributed by atoms with Crippen molar-refractivity contribution in [3.63, 3.8) is 0 Å². The lowest BCUT2D eigenvalue weighted by Gasteiger charge is -2.26. The number of esters is 1. The number of fused-ring (bicyclic) bond motifs is 5. The molecule has 7 nitrogen and oxygen atoms in total. The Labute approximate surface area is 216 Å². The first-order chi connectivity index (χ1) is 17.9. The van der Waals surface area contributed by atoms with E-state index in [-0.39, 0.29) is 30.1 Å². The summed E-state index contributed by atoms with van der Waals surface area (Å²) >= 11 is 0. The van der Waals surface area contributed by atoms with Crippen LogP contribution in [0.3, 0.4) is 0 Å². The number of hydrogen-bond donors (Lipinski definition) is 1. The monoisotopic (exact) mass is 500 g/mol. The van der Waals surface area contributed by atoms with Crippen LogP contribution in [0.4, 0.5) is 5.69 Å². The number of anilines is 1. The number of nitrogens with zero attached hydrogens (tertiary/aromatic N) is 1. The number of likely N-dealkylation sites (tertiary alicyclic amines) is 1. The van der Waals surface area contributed by atoms with E-state index in [4.69, 9.17) is 4.74 Å². The van der Waals surface area contributed by atoms with Crippen LogP contribution < -0.4 is 5.32 Å². The van der Waals surface area contributed by atoms with E-state index in [9.17, 15) is 19.2 Å². The third kappa shape index (κ3) is 4.59. The number of benzene rings is 2. The predicted octanol–water partition coefficient (Wildman–Crippen LogP) is 3.71. The number of nitrogens with one attached hydrogen (secondary N) is 1. The Morgan fingerprint density at radius 3 is 2.08 bits per heavy atom. The van der Waals surface area contributed by atoms with Crippen LogP contribution in [0.15, 0.2) is 60.7 Å². The molecule has 5 atom stereocenters. The van der Waals surface area contributed by atoms with Crippen molar-refractivity contribution < 1.29 is 23.9 Å². The minimum Gasteiger partial charge on any atom is -0.454 e. The highest BCUT2D eigenvalue weighted by atomic mass is 16.5. The molecule has 2 aromatic carbocycles. The minimum atomic E-state index is -1.12. The summed E-state index contributed by atoms with van der Waals surface area (Å²) in [5, 5.41) is 2.89. The van der Waals surface area contributed by atoms with Crippen molar-refractivity contribution in [1.82, 2.24) is 4.90 Å². The Morgan fingerprint density at radius 2 is 1.51 bits per heavy atom. The van der Waals surface area contributed by atoms with E-state index < -0.39 is 36.4 Å². The fourth-order valence-corrected chi connectivity index (χ4v) is 6.16. The van der Waals surface area contributed by atoms with Gasteiger partial charge in [0, 0.05) is 12.1 Å². The standard InChI is InChI=1S/C30H32N2O5/c1-3-19-11-8-12-20(4-2)27(19)31-24(33)17-37-30(36)23(15-18-9-6-5-7-10-18)32-28(34)25-21-13-14-22(16-21)26(25)29(32)35/h5-14,21-23,25-26H,3-4,15-17H2,1-2H3,(H,31,33)/t21-,22-,23+,25-,26+/m0/s1. The molecule has 0 spiro atoms. The number of aryl methyl sites for hydroxylation is 2. The maximum atomic E-state index is 13.4. The highest BCUT2D eigenvalue weighted by molar-refractivity contribution is 6.09. The first-order valence-electron chi connectivity index (χ1n) is 13.1. The molecule has 7 heteroatoms. The number of carbonyl (C=O) groups is 4. The van der Waals surface area contributed by atoms with E-state index in [2.05, 4.69) is 5.32 Å². The lowest BCUT2D eigenvalue weighted by molar-refractivity contribution is -0.160. The van der Waals surface area contributed by atoms with Crippen LogP contribution >= 0.6 is 0 Å². The fraction of sp³-hybridized carbons (Fsp3) is 0.400. The average Bonchev–Trinajstić information content (AvgIpc) is 3.60. The van der Waals surface area contributed by atoms with Gasteiger partial charge in [0.15, 0.2) is 6.61 Å². The molecule has 2 bridgehead atoms. The maximum Gasteiger partial charge on any atom is 0.330 e. The number of ether oxygens (including phenoxy) is 1.